The molecule has 3 amide bonds. The number of carbonyl (C=O) groups is 3. The van der Waals surface area contributed by atoms with Crippen molar-refractivity contribution in [3.63, 3.8) is 0 Å². The number of ether oxygens (including phenoxy) is 1. The predicted molar refractivity (Wildman–Crippen MR) is 147 cm³/mol. The average molecular weight is 524 g/mol. The van der Waals surface area contributed by atoms with Crippen LogP contribution in [-0.4, -0.2) is 52.6 Å². The standard InChI is InChI=1S/C30H41N3O5/c1-20-13-12-18-23(26(20)34)25(27(35)31-22-16-10-7-11-17-22)33(5)28(36)24(19-21-14-8-6-9-15-21)32-29(37)38-30(2,3)4/h6,8-9,12-15,18,22,24-25,34H,7,10-11,16-17,19H2,1-5H3,(H,31,35)(H,32,37). The minimum Gasteiger partial charge on any atom is -0.507 e. The molecular weight excluding hydrogens is 482 g/mol. The van der Waals surface area contributed by atoms with Gasteiger partial charge in [0.1, 0.15) is 23.4 Å². The van der Waals surface area contributed by atoms with Gasteiger partial charge in [0.05, 0.1) is 0 Å². The summed E-state index contributed by atoms with van der Waals surface area (Å²) in [5, 5.41) is 16.7. The number of nitrogens with one attached hydrogen (secondary N) is 2. The number of phenols is 1. The number of para-hydroxylation sites is 1. The Labute approximate surface area is 225 Å². The number of rotatable bonds is 8. The summed E-state index contributed by atoms with van der Waals surface area (Å²) in [6.07, 6.45) is 4.48. The predicted octanol–water partition coefficient (Wildman–Crippen LogP) is 4.79. The van der Waals surface area contributed by atoms with Crippen molar-refractivity contribution in [2.75, 3.05) is 7.05 Å². The van der Waals surface area contributed by atoms with Gasteiger partial charge in [-0.3, -0.25) is 9.59 Å². The summed E-state index contributed by atoms with van der Waals surface area (Å²) in [5.74, 6) is -0.857. The van der Waals surface area contributed by atoms with E-state index in [1.54, 1.807) is 45.9 Å². The highest BCUT2D eigenvalue weighted by molar-refractivity contribution is 5.92. The molecule has 0 heterocycles. The number of likely N-dealkylation sites (N-methyl/N-ethyl adjacent to an activating group) is 1. The molecule has 1 fully saturated rings. The van der Waals surface area contributed by atoms with Gasteiger partial charge in [0, 0.05) is 25.1 Å². The average Bonchev–Trinajstić information content (AvgIpc) is 2.86. The molecule has 0 saturated heterocycles. The number of phenolic OH excluding ortho intramolecular Hbond substituents is 1. The summed E-state index contributed by atoms with van der Waals surface area (Å²) in [6.45, 7) is 7.00. The number of aromatic hydroxyl groups is 1. The number of carbonyl (C=O) groups excluding carboxylic acids is 3. The molecule has 1 aliphatic carbocycles. The maximum absolute atomic E-state index is 14.0. The number of benzene rings is 2. The lowest BCUT2D eigenvalue weighted by atomic mass is 9.94. The van der Waals surface area contributed by atoms with Crippen molar-refractivity contribution in [3.05, 3.63) is 65.2 Å². The number of aryl methyl sites for hydroxylation is 1. The molecule has 0 aliphatic heterocycles. The van der Waals surface area contributed by atoms with Crippen molar-refractivity contribution < 1.29 is 24.2 Å². The molecule has 8 heteroatoms. The lowest BCUT2D eigenvalue weighted by Gasteiger charge is -2.33. The van der Waals surface area contributed by atoms with Crippen LogP contribution in [0.15, 0.2) is 48.5 Å². The second-order valence-electron chi connectivity index (χ2n) is 11.1. The second-order valence-corrected chi connectivity index (χ2v) is 11.1. The van der Waals surface area contributed by atoms with Crippen LogP contribution < -0.4 is 10.6 Å². The third kappa shape index (κ3) is 7.97. The van der Waals surface area contributed by atoms with E-state index in [4.69, 9.17) is 4.74 Å². The van der Waals surface area contributed by atoms with Gasteiger partial charge in [0.15, 0.2) is 0 Å². The van der Waals surface area contributed by atoms with Gasteiger partial charge >= 0.3 is 6.09 Å². The van der Waals surface area contributed by atoms with E-state index >= 15 is 0 Å². The molecule has 0 bridgehead atoms. The van der Waals surface area contributed by atoms with Crippen LogP contribution in [0.5, 0.6) is 5.75 Å². The monoisotopic (exact) mass is 523 g/mol. The van der Waals surface area contributed by atoms with E-state index < -0.39 is 29.7 Å². The molecule has 1 saturated carbocycles. The minimum atomic E-state index is -1.08. The fourth-order valence-corrected chi connectivity index (χ4v) is 4.83. The number of hydrogen-bond donors (Lipinski definition) is 3. The van der Waals surface area contributed by atoms with Crippen molar-refractivity contribution in [3.8, 4) is 5.75 Å². The molecule has 2 aromatic carbocycles. The highest BCUT2D eigenvalue weighted by Gasteiger charge is 2.36. The molecule has 3 rings (SSSR count). The Kier molecular flexibility index (Phi) is 9.78. The fraction of sp³-hybridized carbons (Fsp3) is 0.500. The van der Waals surface area contributed by atoms with Crippen LogP contribution in [0.3, 0.4) is 0 Å². The van der Waals surface area contributed by atoms with Crippen molar-refractivity contribution in [1.82, 2.24) is 15.5 Å². The Morgan fingerprint density at radius 3 is 2.32 bits per heavy atom. The van der Waals surface area contributed by atoms with E-state index in [1.807, 2.05) is 30.3 Å². The zero-order valence-electron chi connectivity index (χ0n) is 23.1. The van der Waals surface area contributed by atoms with Crippen LogP contribution in [-0.2, 0) is 20.7 Å². The van der Waals surface area contributed by atoms with E-state index in [0.717, 1.165) is 37.7 Å². The van der Waals surface area contributed by atoms with Crippen molar-refractivity contribution >= 4 is 17.9 Å². The Morgan fingerprint density at radius 1 is 1.03 bits per heavy atom. The van der Waals surface area contributed by atoms with Gasteiger partial charge in [-0.15, -0.1) is 0 Å². The lowest BCUT2D eigenvalue weighted by molar-refractivity contribution is -0.141. The van der Waals surface area contributed by atoms with Gasteiger partial charge in [-0.05, 0) is 51.7 Å². The largest absolute Gasteiger partial charge is 0.507 e. The maximum atomic E-state index is 14.0. The van der Waals surface area contributed by atoms with E-state index in [2.05, 4.69) is 10.6 Å². The third-order valence-electron chi connectivity index (χ3n) is 6.77. The smallest absolute Gasteiger partial charge is 0.408 e. The Balaban J connectivity index is 1.93. The third-order valence-corrected chi connectivity index (χ3v) is 6.77. The second kappa shape index (κ2) is 12.8. The van der Waals surface area contributed by atoms with E-state index in [9.17, 15) is 19.5 Å². The first-order valence-corrected chi connectivity index (χ1v) is 13.3. The SMILES string of the molecule is Cc1cccc(C(C(=O)NC2CCCCC2)N(C)C(=O)C(Cc2ccccc2)NC(=O)OC(C)(C)C)c1O. The summed E-state index contributed by atoms with van der Waals surface area (Å²) in [5.41, 5.74) is 1.04. The van der Waals surface area contributed by atoms with Gasteiger partial charge in [0.25, 0.3) is 0 Å². The van der Waals surface area contributed by atoms with E-state index in [1.165, 1.54) is 11.9 Å². The van der Waals surface area contributed by atoms with E-state index in [-0.39, 0.29) is 24.1 Å². The number of hydrogen-bond acceptors (Lipinski definition) is 5. The maximum Gasteiger partial charge on any atom is 0.408 e. The Bertz CT molecular complexity index is 1110. The lowest BCUT2D eigenvalue weighted by Crippen LogP contribution is -2.53. The number of amides is 3. The van der Waals surface area contributed by atoms with Gasteiger partial charge in [-0.2, -0.15) is 0 Å². The van der Waals surface area contributed by atoms with Gasteiger partial charge in [0.2, 0.25) is 11.8 Å². The van der Waals surface area contributed by atoms with Crippen molar-refractivity contribution in [2.45, 2.75) is 89.9 Å². The summed E-state index contributed by atoms with van der Waals surface area (Å²) in [4.78, 5) is 41.6. The van der Waals surface area contributed by atoms with Crippen molar-refractivity contribution in [2.24, 2.45) is 0 Å². The molecule has 0 radical (unpaired) electrons. The molecule has 3 N–H and O–H groups in total. The molecule has 1 aliphatic rings. The molecule has 206 valence electrons. The molecule has 8 nitrogen and oxygen atoms in total. The van der Waals surface area contributed by atoms with Crippen LogP contribution in [0.4, 0.5) is 4.79 Å². The summed E-state index contributed by atoms with van der Waals surface area (Å²) >= 11 is 0. The fourth-order valence-electron chi connectivity index (χ4n) is 4.83. The molecule has 2 atom stereocenters. The quantitative estimate of drug-likeness (QED) is 0.461. The van der Waals surface area contributed by atoms with Crippen LogP contribution in [0.2, 0.25) is 0 Å². The normalized spacial score (nSPS) is 15.7. The highest BCUT2D eigenvalue weighted by atomic mass is 16.6. The first kappa shape index (κ1) is 29.0. The Hall–Kier alpha value is -3.55. The molecule has 0 spiro atoms. The number of alkyl carbamates (subject to hydrolysis) is 1. The van der Waals surface area contributed by atoms with Crippen molar-refractivity contribution in [1.29, 1.82) is 0 Å². The van der Waals surface area contributed by atoms with Gasteiger partial charge < -0.3 is 25.4 Å². The summed E-state index contributed by atoms with van der Waals surface area (Å²) < 4.78 is 5.42. The minimum absolute atomic E-state index is 0.0224. The molecular formula is C30H41N3O5. The van der Waals surface area contributed by atoms with E-state index in [0.29, 0.717) is 11.1 Å². The zero-order valence-corrected chi connectivity index (χ0v) is 23.1. The molecule has 38 heavy (non-hydrogen) atoms. The van der Waals surface area contributed by atoms with Gasteiger partial charge in [-0.1, -0.05) is 67.8 Å². The van der Waals surface area contributed by atoms with Crippen LogP contribution >= 0.6 is 0 Å². The van der Waals surface area contributed by atoms with Crippen LogP contribution in [0.1, 0.15) is 75.6 Å². The highest BCUT2D eigenvalue weighted by Crippen LogP contribution is 2.32. The van der Waals surface area contributed by atoms with Crippen LogP contribution in [0, 0.1) is 6.92 Å². The van der Waals surface area contributed by atoms with Crippen LogP contribution in [0.25, 0.3) is 0 Å². The topological polar surface area (TPSA) is 108 Å². The number of nitrogens with zero attached hydrogens (tertiary/aromatic N) is 1. The molecule has 2 aromatic rings. The zero-order chi connectivity index (χ0) is 27.9. The first-order valence-electron chi connectivity index (χ1n) is 13.3. The Morgan fingerprint density at radius 2 is 1.68 bits per heavy atom. The van der Waals surface area contributed by atoms with Gasteiger partial charge in [-0.25, -0.2) is 4.79 Å². The summed E-state index contributed by atoms with van der Waals surface area (Å²) in [7, 11) is 1.53. The molecule has 2 unspecified atom stereocenters. The first-order chi connectivity index (χ1) is 18.0. The molecule has 0 aromatic heterocycles. The summed E-state index contributed by atoms with van der Waals surface area (Å²) in [6, 6.07) is 12.4.